The van der Waals surface area contributed by atoms with Gasteiger partial charge in [-0.05, 0) is 18.2 Å². The lowest BCUT2D eigenvalue weighted by Crippen LogP contribution is -2.10. The Balaban J connectivity index is 2.01. The van der Waals surface area contributed by atoms with Crippen molar-refractivity contribution in [3.05, 3.63) is 34.6 Å². The standard InChI is InChI=1S/C15H15BrN4O2/c1-19(2)9-17-15(21)12-8-20-5-6-22-13-7-10(16)3-4-11(13)14(20)18-12/h3-4,7-9H,5-6H2,1-2H3/b17-9+. The molecule has 0 atom stereocenters. The third-order valence-electron chi connectivity index (χ3n) is 3.18. The number of ether oxygens (including phenoxy) is 1. The van der Waals surface area contributed by atoms with Gasteiger partial charge in [-0.1, -0.05) is 15.9 Å². The minimum atomic E-state index is -0.353. The molecule has 22 heavy (non-hydrogen) atoms. The largest absolute Gasteiger partial charge is 0.491 e. The third-order valence-corrected chi connectivity index (χ3v) is 3.67. The average Bonchev–Trinajstić information content (AvgIpc) is 2.82. The summed E-state index contributed by atoms with van der Waals surface area (Å²) < 4.78 is 8.61. The van der Waals surface area contributed by atoms with Crippen molar-refractivity contribution >= 4 is 28.2 Å². The number of aromatic nitrogens is 2. The van der Waals surface area contributed by atoms with Crippen molar-refractivity contribution in [2.24, 2.45) is 4.99 Å². The normalized spacial score (nSPS) is 13.2. The summed E-state index contributed by atoms with van der Waals surface area (Å²) in [5.74, 6) is 1.13. The Morgan fingerprint density at radius 3 is 3.09 bits per heavy atom. The number of amides is 1. The van der Waals surface area contributed by atoms with Crippen LogP contribution in [0.2, 0.25) is 0 Å². The van der Waals surface area contributed by atoms with Gasteiger partial charge in [0.2, 0.25) is 0 Å². The lowest BCUT2D eigenvalue weighted by atomic mass is 10.2. The zero-order valence-electron chi connectivity index (χ0n) is 12.3. The average molecular weight is 363 g/mol. The maximum atomic E-state index is 12.1. The molecule has 1 aromatic heterocycles. The summed E-state index contributed by atoms with van der Waals surface area (Å²) in [6.07, 6.45) is 3.20. The van der Waals surface area contributed by atoms with Crippen LogP contribution in [-0.4, -0.2) is 47.4 Å². The Morgan fingerprint density at radius 1 is 1.50 bits per heavy atom. The van der Waals surface area contributed by atoms with Crippen LogP contribution in [0.4, 0.5) is 0 Å². The molecule has 0 aliphatic carbocycles. The quantitative estimate of drug-likeness (QED) is 0.608. The smallest absolute Gasteiger partial charge is 0.298 e. The van der Waals surface area contributed by atoms with Crippen molar-refractivity contribution in [3.63, 3.8) is 0 Å². The van der Waals surface area contributed by atoms with Crippen LogP contribution < -0.4 is 4.74 Å². The first kappa shape index (κ1) is 14.8. The van der Waals surface area contributed by atoms with E-state index in [1.807, 2.05) is 36.9 Å². The van der Waals surface area contributed by atoms with Gasteiger partial charge < -0.3 is 14.2 Å². The fraction of sp³-hybridized carbons (Fsp3) is 0.267. The maximum absolute atomic E-state index is 12.1. The molecule has 0 bridgehead atoms. The topological polar surface area (TPSA) is 59.7 Å². The van der Waals surface area contributed by atoms with Crippen LogP contribution in [0, 0.1) is 0 Å². The number of rotatable bonds is 2. The summed E-state index contributed by atoms with van der Waals surface area (Å²) in [4.78, 5) is 22.1. The van der Waals surface area contributed by atoms with E-state index in [0.717, 1.165) is 21.6 Å². The SMILES string of the molecule is CN(C)/C=N/C(=O)c1cn2c(n1)-c1ccc(Br)cc1OCC2. The molecule has 0 unspecified atom stereocenters. The monoisotopic (exact) mass is 362 g/mol. The summed E-state index contributed by atoms with van der Waals surface area (Å²) in [6.45, 7) is 1.17. The molecular weight excluding hydrogens is 348 g/mol. The van der Waals surface area contributed by atoms with Gasteiger partial charge in [0, 0.05) is 24.8 Å². The van der Waals surface area contributed by atoms with Crippen LogP contribution >= 0.6 is 15.9 Å². The molecule has 0 radical (unpaired) electrons. The van der Waals surface area contributed by atoms with Crippen molar-refractivity contribution in [3.8, 4) is 17.1 Å². The van der Waals surface area contributed by atoms with E-state index in [0.29, 0.717) is 18.8 Å². The van der Waals surface area contributed by atoms with Crippen LogP contribution in [0.1, 0.15) is 10.5 Å². The first-order valence-electron chi connectivity index (χ1n) is 6.79. The van der Waals surface area contributed by atoms with Crippen molar-refractivity contribution < 1.29 is 9.53 Å². The number of carbonyl (C=O) groups excluding carboxylic acids is 1. The highest BCUT2D eigenvalue weighted by atomic mass is 79.9. The molecule has 2 heterocycles. The summed E-state index contributed by atoms with van der Waals surface area (Å²) in [5, 5.41) is 0. The van der Waals surface area contributed by atoms with Crippen molar-refractivity contribution in [1.82, 2.24) is 14.5 Å². The number of imidazole rings is 1. The van der Waals surface area contributed by atoms with Gasteiger partial charge in [-0.2, -0.15) is 4.99 Å². The Hall–Kier alpha value is -2.15. The highest BCUT2D eigenvalue weighted by molar-refractivity contribution is 9.10. The van der Waals surface area contributed by atoms with Gasteiger partial charge in [0.1, 0.15) is 23.9 Å². The summed E-state index contributed by atoms with van der Waals surface area (Å²) >= 11 is 3.43. The lowest BCUT2D eigenvalue weighted by molar-refractivity contribution is 0.0998. The van der Waals surface area contributed by atoms with E-state index < -0.39 is 0 Å². The van der Waals surface area contributed by atoms with Gasteiger partial charge >= 0.3 is 0 Å². The van der Waals surface area contributed by atoms with E-state index in [2.05, 4.69) is 25.9 Å². The first-order chi connectivity index (χ1) is 10.5. The third kappa shape index (κ3) is 2.89. The molecule has 0 N–H and O–H groups in total. The Bertz CT molecular complexity index is 752. The summed E-state index contributed by atoms with van der Waals surface area (Å²) in [5.41, 5.74) is 1.21. The van der Waals surface area contributed by atoms with E-state index in [9.17, 15) is 4.79 Å². The lowest BCUT2D eigenvalue weighted by Gasteiger charge is -2.06. The van der Waals surface area contributed by atoms with E-state index in [1.54, 1.807) is 11.1 Å². The van der Waals surface area contributed by atoms with Gasteiger partial charge in [0.25, 0.3) is 5.91 Å². The van der Waals surface area contributed by atoms with Crippen LogP contribution in [0.5, 0.6) is 5.75 Å². The molecule has 1 amide bonds. The van der Waals surface area contributed by atoms with Gasteiger partial charge in [-0.15, -0.1) is 0 Å². The van der Waals surface area contributed by atoms with Gasteiger partial charge in [-0.3, -0.25) is 4.79 Å². The molecule has 6 nitrogen and oxygen atoms in total. The molecule has 3 rings (SSSR count). The van der Waals surface area contributed by atoms with Gasteiger partial charge in [-0.25, -0.2) is 4.98 Å². The molecule has 7 heteroatoms. The van der Waals surface area contributed by atoms with Crippen LogP contribution in [0.15, 0.2) is 33.9 Å². The molecule has 0 saturated heterocycles. The van der Waals surface area contributed by atoms with E-state index in [1.165, 1.54) is 6.34 Å². The predicted octanol–water partition coefficient (Wildman–Crippen LogP) is 2.44. The number of benzene rings is 1. The Labute approximate surface area is 136 Å². The fourth-order valence-corrected chi connectivity index (χ4v) is 2.53. The Morgan fingerprint density at radius 2 is 2.32 bits per heavy atom. The van der Waals surface area contributed by atoms with Crippen LogP contribution in [0.3, 0.4) is 0 Å². The highest BCUT2D eigenvalue weighted by Crippen LogP contribution is 2.34. The molecule has 0 spiro atoms. The highest BCUT2D eigenvalue weighted by Gasteiger charge is 2.20. The Kier molecular flexibility index (Phi) is 3.98. The minimum Gasteiger partial charge on any atom is -0.491 e. The molecule has 1 aliphatic rings. The molecule has 0 saturated carbocycles. The van der Waals surface area contributed by atoms with E-state index >= 15 is 0 Å². The number of nitrogens with zero attached hydrogens (tertiary/aromatic N) is 4. The molecule has 2 aromatic rings. The second-order valence-electron chi connectivity index (χ2n) is 5.15. The number of carbonyl (C=O) groups is 1. The zero-order valence-corrected chi connectivity index (χ0v) is 13.9. The van der Waals surface area contributed by atoms with Crippen LogP contribution in [-0.2, 0) is 6.54 Å². The van der Waals surface area contributed by atoms with Crippen molar-refractivity contribution in [2.45, 2.75) is 6.54 Å². The van der Waals surface area contributed by atoms with E-state index in [4.69, 9.17) is 4.74 Å². The molecular formula is C15H15BrN4O2. The summed E-state index contributed by atoms with van der Waals surface area (Å²) in [7, 11) is 3.62. The van der Waals surface area contributed by atoms with Gasteiger partial charge in [0.15, 0.2) is 0 Å². The number of halogens is 1. The molecule has 114 valence electrons. The van der Waals surface area contributed by atoms with Crippen molar-refractivity contribution in [1.29, 1.82) is 0 Å². The molecule has 1 aromatic carbocycles. The molecule has 1 aliphatic heterocycles. The second-order valence-corrected chi connectivity index (χ2v) is 6.06. The first-order valence-corrected chi connectivity index (χ1v) is 7.59. The van der Waals surface area contributed by atoms with Crippen LogP contribution in [0.25, 0.3) is 11.4 Å². The van der Waals surface area contributed by atoms with Gasteiger partial charge in [0.05, 0.1) is 18.4 Å². The van der Waals surface area contributed by atoms with Crippen molar-refractivity contribution in [2.75, 3.05) is 20.7 Å². The number of fused-ring (bicyclic) bond motifs is 3. The second kappa shape index (κ2) is 5.92. The number of aliphatic imine (C=N–C) groups is 1. The maximum Gasteiger partial charge on any atom is 0.298 e. The number of hydrogen-bond donors (Lipinski definition) is 0. The number of hydrogen-bond acceptors (Lipinski definition) is 3. The minimum absolute atomic E-state index is 0.337. The zero-order chi connectivity index (χ0) is 15.7. The molecule has 0 fully saturated rings. The predicted molar refractivity (Wildman–Crippen MR) is 87.4 cm³/mol. The fourth-order valence-electron chi connectivity index (χ4n) is 2.19. The van der Waals surface area contributed by atoms with E-state index in [-0.39, 0.29) is 5.91 Å². The summed E-state index contributed by atoms with van der Waals surface area (Å²) in [6, 6.07) is 5.77.